The second kappa shape index (κ2) is 7.63. The Labute approximate surface area is 133 Å². The van der Waals surface area contributed by atoms with E-state index in [9.17, 15) is 4.79 Å². The van der Waals surface area contributed by atoms with Crippen LogP contribution >= 0.6 is 0 Å². The van der Waals surface area contributed by atoms with Crippen molar-refractivity contribution in [3.05, 3.63) is 35.9 Å². The summed E-state index contributed by atoms with van der Waals surface area (Å²) in [6.45, 7) is 7.78. The van der Waals surface area contributed by atoms with E-state index in [0.29, 0.717) is 13.2 Å². The molecule has 0 spiro atoms. The van der Waals surface area contributed by atoms with Gasteiger partial charge in [-0.2, -0.15) is 0 Å². The average Bonchev–Trinajstić information content (AvgIpc) is 2.70. The third-order valence-electron chi connectivity index (χ3n) is 3.66. The molecule has 122 valence electrons. The summed E-state index contributed by atoms with van der Waals surface area (Å²) in [4.78, 5) is 13.9. The number of carbonyl (C=O) groups is 1. The number of carbonyl (C=O) groups excluding carboxylic acids is 1. The Morgan fingerprint density at radius 1 is 1.18 bits per heavy atom. The van der Waals surface area contributed by atoms with Gasteiger partial charge in [0, 0.05) is 13.1 Å². The Kier molecular flexibility index (Phi) is 5.83. The molecule has 1 unspecified atom stereocenters. The van der Waals surface area contributed by atoms with E-state index in [-0.39, 0.29) is 12.2 Å². The number of benzene rings is 1. The lowest BCUT2D eigenvalue weighted by molar-refractivity contribution is 0.0193. The van der Waals surface area contributed by atoms with Crippen LogP contribution in [0.2, 0.25) is 0 Å². The number of ether oxygens (including phenoxy) is 2. The van der Waals surface area contributed by atoms with Crippen LogP contribution in [0.4, 0.5) is 4.79 Å². The number of amides is 1. The normalized spacial score (nSPS) is 19.6. The van der Waals surface area contributed by atoms with Crippen molar-refractivity contribution in [3.63, 3.8) is 0 Å². The van der Waals surface area contributed by atoms with Crippen molar-refractivity contribution in [2.45, 2.75) is 58.3 Å². The maximum atomic E-state index is 12.1. The molecule has 0 saturated carbocycles. The molecule has 0 N–H and O–H groups in total. The summed E-state index contributed by atoms with van der Waals surface area (Å²) in [6.07, 6.45) is 2.82. The maximum Gasteiger partial charge on any atom is 0.410 e. The minimum absolute atomic E-state index is 0.212. The molecule has 0 aliphatic carbocycles. The zero-order valence-corrected chi connectivity index (χ0v) is 13.9. The lowest BCUT2D eigenvalue weighted by Crippen LogP contribution is -2.37. The van der Waals surface area contributed by atoms with Gasteiger partial charge in [-0.3, -0.25) is 0 Å². The van der Waals surface area contributed by atoms with E-state index in [1.807, 2.05) is 39.0 Å². The number of nitrogens with zero attached hydrogens (tertiary/aromatic N) is 1. The molecule has 1 fully saturated rings. The summed E-state index contributed by atoms with van der Waals surface area (Å²) in [6, 6.07) is 10.2. The van der Waals surface area contributed by atoms with Crippen LogP contribution in [0.15, 0.2) is 30.3 Å². The van der Waals surface area contributed by atoms with Gasteiger partial charge in [0.05, 0.1) is 12.7 Å². The van der Waals surface area contributed by atoms with Gasteiger partial charge in [0.2, 0.25) is 0 Å². The lowest BCUT2D eigenvalue weighted by atomic mass is 10.1. The number of hydrogen-bond acceptors (Lipinski definition) is 3. The van der Waals surface area contributed by atoms with E-state index in [4.69, 9.17) is 9.47 Å². The van der Waals surface area contributed by atoms with Crippen molar-refractivity contribution in [3.8, 4) is 0 Å². The molecule has 1 heterocycles. The number of rotatable bonds is 3. The van der Waals surface area contributed by atoms with Crippen LogP contribution < -0.4 is 0 Å². The second-order valence-electron chi connectivity index (χ2n) is 6.82. The van der Waals surface area contributed by atoms with Gasteiger partial charge in [-0.1, -0.05) is 30.3 Å². The lowest BCUT2D eigenvalue weighted by Gasteiger charge is -2.26. The molecule has 1 amide bonds. The minimum Gasteiger partial charge on any atom is -0.444 e. The van der Waals surface area contributed by atoms with Crippen LogP contribution in [0.5, 0.6) is 0 Å². The highest BCUT2D eigenvalue weighted by atomic mass is 16.6. The molecule has 1 aromatic rings. The third kappa shape index (κ3) is 5.68. The van der Waals surface area contributed by atoms with Crippen LogP contribution in [-0.2, 0) is 16.1 Å². The predicted octanol–water partition coefficient (Wildman–Crippen LogP) is 3.99. The van der Waals surface area contributed by atoms with E-state index in [1.165, 1.54) is 5.56 Å². The molecule has 1 aliphatic rings. The second-order valence-corrected chi connectivity index (χ2v) is 6.82. The van der Waals surface area contributed by atoms with Gasteiger partial charge < -0.3 is 14.4 Å². The highest BCUT2D eigenvalue weighted by molar-refractivity contribution is 5.68. The molecule has 4 heteroatoms. The number of hydrogen-bond donors (Lipinski definition) is 0. The Bertz CT molecular complexity index is 467. The zero-order valence-electron chi connectivity index (χ0n) is 13.9. The van der Waals surface area contributed by atoms with E-state index >= 15 is 0 Å². The summed E-state index contributed by atoms with van der Waals surface area (Å²) in [7, 11) is 0. The van der Waals surface area contributed by atoms with Gasteiger partial charge in [-0.15, -0.1) is 0 Å². The standard InChI is InChI=1S/C18H27NO3/c1-18(2,3)22-17(20)19-12-7-10-16(11-13-19)21-14-15-8-5-4-6-9-15/h4-6,8-9,16H,7,10-14H2,1-3H3. The smallest absolute Gasteiger partial charge is 0.410 e. The predicted molar refractivity (Wildman–Crippen MR) is 86.7 cm³/mol. The molecule has 1 atom stereocenters. The molecule has 22 heavy (non-hydrogen) atoms. The fraction of sp³-hybridized carbons (Fsp3) is 0.611. The molecular formula is C18H27NO3. The Morgan fingerprint density at radius 3 is 2.59 bits per heavy atom. The average molecular weight is 305 g/mol. The van der Waals surface area contributed by atoms with Crippen LogP contribution in [0.3, 0.4) is 0 Å². The monoisotopic (exact) mass is 305 g/mol. The van der Waals surface area contributed by atoms with E-state index in [0.717, 1.165) is 25.8 Å². The van der Waals surface area contributed by atoms with Gasteiger partial charge in [-0.05, 0) is 45.6 Å². The maximum absolute atomic E-state index is 12.1. The minimum atomic E-state index is -0.438. The molecule has 0 radical (unpaired) electrons. The van der Waals surface area contributed by atoms with E-state index in [2.05, 4.69) is 12.1 Å². The molecule has 0 aromatic heterocycles. The molecular weight excluding hydrogens is 278 g/mol. The van der Waals surface area contributed by atoms with E-state index in [1.54, 1.807) is 4.90 Å². The van der Waals surface area contributed by atoms with Gasteiger partial charge in [-0.25, -0.2) is 4.79 Å². The van der Waals surface area contributed by atoms with Crippen molar-refractivity contribution in [2.24, 2.45) is 0 Å². The summed E-state index contributed by atoms with van der Waals surface area (Å²) >= 11 is 0. The first kappa shape index (κ1) is 16.8. The summed E-state index contributed by atoms with van der Waals surface area (Å²) < 4.78 is 11.4. The van der Waals surface area contributed by atoms with Crippen molar-refractivity contribution in [2.75, 3.05) is 13.1 Å². The van der Waals surface area contributed by atoms with Crippen molar-refractivity contribution in [1.82, 2.24) is 4.90 Å². The Morgan fingerprint density at radius 2 is 1.91 bits per heavy atom. The van der Waals surface area contributed by atoms with Crippen LogP contribution in [0.25, 0.3) is 0 Å². The molecule has 4 nitrogen and oxygen atoms in total. The zero-order chi connectivity index (χ0) is 16.0. The summed E-state index contributed by atoms with van der Waals surface area (Å²) in [5, 5.41) is 0. The molecule has 1 aliphatic heterocycles. The molecule has 2 rings (SSSR count). The van der Waals surface area contributed by atoms with Gasteiger partial charge in [0.15, 0.2) is 0 Å². The highest BCUT2D eigenvalue weighted by Gasteiger charge is 2.25. The highest BCUT2D eigenvalue weighted by Crippen LogP contribution is 2.18. The quantitative estimate of drug-likeness (QED) is 0.847. The molecule has 1 saturated heterocycles. The summed E-state index contributed by atoms with van der Waals surface area (Å²) in [5.41, 5.74) is 0.753. The molecule has 0 bridgehead atoms. The van der Waals surface area contributed by atoms with Crippen molar-refractivity contribution in [1.29, 1.82) is 0 Å². The first-order chi connectivity index (χ1) is 10.4. The topological polar surface area (TPSA) is 38.8 Å². The van der Waals surface area contributed by atoms with Crippen LogP contribution in [0.1, 0.15) is 45.6 Å². The molecule has 1 aromatic carbocycles. The van der Waals surface area contributed by atoms with Gasteiger partial charge >= 0.3 is 6.09 Å². The van der Waals surface area contributed by atoms with E-state index < -0.39 is 5.60 Å². The SMILES string of the molecule is CC(C)(C)OC(=O)N1CCCC(OCc2ccccc2)CC1. The summed E-state index contributed by atoms with van der Waals surface area (Å²) in [5.74, 6) is 0. The van der Waals surface area contributed by atoms with Crippen molar-refractivity contribution < 1.29 is 14.3 Å². The largest absolute Gasteiger partial charge is 0.444 e. The fourth-order valence-corrected chi connectivity index (χ4v) is 2.53. The third-order valence-corrected chi connectivity index (χ3v) is 3.66. The first-order valence-electron chi connectivity index (χ1n) is 8.07. The van der Waals surface area contributed by atoms with Crippen LogP contribution in [-0.4, -0.2) is 35.8 Å². The van der Waals surface area contributed by atoms with Crippen LogP contribution in [0, 0.1) is 0 Å². The number of likely N-dealkylation sites (tertiary alicyclic amines) is 1. The Hall–Kier alpha value is -1.55. The van der Waals surface area contributed by atoms with Gasteiger partial charge in [0.1, 0.15) is 5.60 Å². The van der Waals surface area contributed by atoms with Crippen molar-refractivity contribution >= 4 is 6.09 Å². The first-order valence-corrected chi connectivity index (χ1v) is 8.07. The Balaban J connectivity index is 1.78. The van der Waals surface area contributed by atoms with Gasteiger partial charge in [0.25, 0.3) is 0 Å². The fourth-order valence-electron chi connectivity index (χ4n) is 2.53.